The van der Waals surface area contributed by atoms with Gasteiger partial charge in [-0.1, -0.05) is 47.5 Å². The molecule has 0 spiro atoms. The van der Waals surface area contributed by atoms with Crippen LogP contribution in [0.1, 0.15) is 11.1 Å². The molecule has 6 rings (SSSR count). The number of hydrogen-bond acceptors (Lipinski definition) is 4. The number of aromatic hydroxyl groups is 2. The Kier molecular flexibility index (Phi) is 8.19. The van der Waals surface area contributed by atoms with E-state index in [0.29, 0.717) is 43.4 Å². The molecule has 0 saturated heterocycles. The third kappa shape index (κ3) is 5.56. The Balaban J connectivity index is 1.43. The van der Waals surface area contributed by atoms with Gasteiger partial charge in [0, 0.05) is 10.0 Å². The van der Waals surface area contributed by atoms with E-state index < -0.39 is 52.0 Å². The number of hydrogen-bond donors (Lipinski definition) is 2. The summed E-state index contributed by atoms with van der Waals surface area (Å²) in [5, 5.41) is 21.7. The number of rotatable bonds is 6. The van der Waals surface area contributed by atoms with Crippen molar-refractivity contribution in [2.45, 2.75) is 17.8 Å². The lowest BCUT2D eigenvalue weighted by molar-refractivity contribution is -0.288. The Morgan fingerprint density at radius 3 is 1.04 bits per heavy atom. The average Bonchev–Trinajstić information content (AvgIpc) is 3.50. The first-order valence-corrected chi connectivity index (χ1v) is 14.7. The third-order valence-corrected chi connectivity index (χ3v) is 8.42. The molecule has 0 radical (unpaired) electrons. The molecule has 0 amide bonds. The molecule has 0 aliphatic heterocycles. The summed E-state index contributed by atoms with van der Waals surface area (Å²) < 4.78 is 92.5. The van der Waals surface area contributed by atoms with Crippen LogP contribution in [0.2, 0.25) is 10.0 Å². The summed E-state index contributed by atoms with van der Waals surface area (Å²) in [6, 6.07) is 17.4. The van der Waals surface area contributed by atoms with Gasteiger partial charge in [0.1, 0.15) is 0 Å². The predicted octanol–water partition coefficient (Wildman–Crippen LogP) is 7.70. The second kappa shape index (κ2) is 12.0. The van der Waals surface area contributed by atoms with E-state index in [-0.39, 0.29) is 22.7 Å². The van der Waals surface area contributed by atoms with Crippen molar-refractivity contribution in [1.29, 1.82) is 0 Å². The first-order valence-electron chi connectivity index (χ1n) is 14.0. The van der Waals surface area contributed by atoms with Gasteiger partial charge in [-0.3, -0.25) is 9.13 Å². The van der Waals surface area contributed by atoms with Gasteiger partial charge in [0.15, 0.2) is 0 Å². The van der Waals surface area contributed by atoms with Crippen molar-refractivity contribution in [2.75, 3.05) is 0 Å². The van der Waals surface area contributed by atoms with Crippen molar-refractivity contribution in [2.24, 2.45) is 0 Å². The molecule has 0 saturated carbocycles. The van der Waals surface area contributed by atoms with E-state index in [1.165, 1.54) is 48.5 Å². The zero-order chi connectivity index (χ0) is 35.5. The van der Waals surface area contributed by atoms with E-state index in [1.807, 2.05) is 0 Å². The minimum absolute atomic E-state index is 0.215. The van der Waals surface area contributed by atoms with Crippen molar-refractivity contribution in [3.05, 3.63) is 152 Å². The first-order chi connectivity index (χ1) is 23.0. The monoisotopic (exact) mass is 720 g/mol. The summed E-state index contributed by atoms with van der Waals surface area (Å²) in [5.41, 5.74) is -8.61. The molecule has 8 nitrogen and oxygen atoms in total. The summed E-state index contributed by atoms with van der Waals surface area (Å²) in [6.45, 7) is 0. The van der Waals surface area contributed by atoms with Crippen LogP contribution in [0, 0.1) is 0 Å². The fraction of sp³-hybridized carbons (Fsp3) is 0.0909. The molecule has 2 aromatic heterocycles. The molecule has 0 fully saturated rings. The van der Waals surface area contributed by atoms with E-state index in [4.69, 9.17) is 23.2 Å². The van der Waals surface area contributed by atoms with Gasteiger partial charge in [-0.05, 0) is 83.9 Å². The highest BCUT2D eigenvalue weighted by molar-refractivity contribution is 6.30. The second-order valence-electron chi connectivity index (χ2n) is 10.7. The Morgan fingerprint density at radius 1 is 0.469 bits per heavy atom. The number of nitrogens with zero attached hydrogens (tertiary/aromatic N) is 4. The normalized spacial score (nSPS) is 12.4. The zero-order valence-corrected chi connectivity index (χ0v) is 25.9. The van der Waals surface area contributed by atoms with Crippen molar-refractivity contribution in [3.8, 4) is 34.5 Å². The van der Waals surface area contributed by atoms with Crippen LogP contribution in [0.5, 0.6) is 11.8 Å². The quantitative estimate of drug-likeness (QED) is 0.173. The molecule has 4 aromatic carbocycles. The molecular formula is C33H20Cl2F6N4O4. The van der Waals surface area contributed by atoms with E-state index in [9.17, 15) is 46.1 Å². The lowest BCUT2D eigenvalue weighted by Gasteiger charge is -2.38. The van der Waals surface area contributed by atoms with Gasteiger partial charge in [-0.2, -0.15) is 26.3 Å². The Morgan fingerprint density at radius 2 is 0.755 bits per heavy atom. The molecule has 0 unspecified atom stereocenters. The molecule has 0 atom stereocenters. The number of benzene rings is 4. The molecule has 0 aliphatic carbocycles. The Hall–Kier alpha value is -5.34. The maximum Gasteiger partial charge on any atom is 0.411 e. The van der Waals surface area contributed by atoms with E-state index in [0.717, 1.165) is 45.8 Å². The fourth-order valence-electron chi connectivity index (χ4n) is 5.63. The topological polar surface area (TPSA) is 94.3 Å². The highest BCUT2D eigenvalue weighted by atomic mass is 35.5. The van der Waals surface area contributed by atoms with Gasteiger partial charge >= 0.3 is 23.7 Å². The van der Waals surface area contributed by atoms with E-state index in [1.54, 1.807) is 0 Å². The molecule has 2 heterocycles. The van der Waals surface area contributed by atoms with Crippen molar-refractivity contribution in [3.63, 3.8) is 0 Å². The van der Waals surface area contributed by atoms with E-state index >= 15 is 0 Å². The molecule has 0 bridgehead atoms. The maximum atomic E-state index is 14.8. The van der Waals surface area contributed by atoms with Crippen LogP contribution in [0.4, 0.5) is 26.3 Å². The van der Waals surface area contributed by atoms with Crippen molar-refractivity contribution >= 4 is 23.2 Å². The number of imidazole rings is 2. The van der Waals surface area contributed by atoms with Crippen LogP contribution in [-0.4, -0.2) is 40.8 Å². The van der Waals surface area contributed by atoms with Crippen LogP contribution in [0.25, 0.3) is 22.7 Å². The minimum Gasteiger partial charge on any atom is -0.493 e. The standard InChI is InChI=1S/C33H20Cl2F6N4O4/c34-21-5-13-23(14-6-21)42-17-27(46)44(29(42)48)25-9-1-19(2-10-25)31(32(36,37)38,33(39,40)41)20-3-11-26(12-4-20)45-28(47)18-43(30(45)49)24-15-7-22(35)8-16-24/h1-18,46-47H. The van der Waals surface area contributed by atoms with Crippen LogP contribution >= 0.6 is 23.2 Å². The molecule has 2 N–H and O–H groups in total. The Labute approximate surface area is 281 Å². The lowest BCUT2D eigenvalue weighted by atomic mass is 9.73. The number of halogens is 8. The highest BCUT2D eigenvalue weighted by Gasteiger charge is 2.72. The van der Waals surface area contributed by atoms with Gasteiger partial charge in [0.2, 0.25) is 17.2 Å². The Bertz CT molecular complexity index is 2110. The number of alkyl halides is 6. The third-order valence-electron chi connectivity index (χ3n) is 7.92. The average molecular weight is 721 g/mol. The fourth-order valence-corrected chi connectivity index (χ4v) is 5.88. The maximum absolute atomic E-state index is 14.8. The van der Waals surface area contributed by atoms with Crippen LogP contribution in [0.3, 0.4) is 0 Å². The largest absolute Gasteiger partial charge is 0.493 e. The van der Waals surface area contributed by atoms with Crippen LogP contribution < -0.4 is 11.4 Å². The van der Waals surface area contributed by atoms with Crippen molar-refractivity contribution < 1.29 is 36.6 Å². The lowest BCUT2D eigenvalue weighted by Crippen LogP contribution is -2.54. The van der Waals surface area contributed by atoms with E-state index in [2.05, 4.69) is 0 Å². The minimum atomic E-state index is -5.94. The summed E-state index contributed by atoms with van der Waals surface area (Å²) in [6.07, 6.45) is -9.82. The summed E-state index contributed by atoms with van der Waals surface area (Å²) >= 11 is 11.8. The zero-order valence-electron chi connectivity index (χ0n) is 24.4. The summed E-state index contributed by atoms with van der Waals surface area (Å²) in [7, 11) is 0. The van der Waals surface area contributed by atoms with Gasteiger partial charge in [-0.15, -0.1) is 0 Å². The molecule has 252 valence electrons. The molecular weight excluding hydrogens is 701 g/mol. The number of aromatic nitrogens is 4. The molecule has 0 aliphatic rings. The molecule has 49 heavy (non-hydrogen) atoms. The molecule has 16 heteroatoms. The van der Waals surface area contributed by atoms with Crippen molar-refractivity contribution in [1.82, 2.24) is 18.3 Å². The van der Waals surface area contributed by atoms with Gasteiger partial charge in [-0.25, -0.2) is 18.7 Å². The summed E-state index contributed by atoms with van der Waals surface area (Å²) in [4.78, 5) is 26.2. The smallest absolute Gasteiger partial charge is 0.411 e. The van der Waals surface area contributed by atoms with Crippen LogP contribution in [0.15, 0.2) is 119 Å². The second-order valence-corrected chi connectivity index (χ2v) is 11.6. The predicted molar refractivity (Wildman–Crippen MR) is 169 cm³/mol. The van der Waals surface area contributed by atoms with Gasteiger partial charge in [0.05, 0.1) is 35.1 Å². The van der Waals surface area contributed by atoms with Gasteiger partial charge in [0.25, 0.3) is 0 Å². The van der Waals surface area contributed by atoms with Gasteiger partial charge < -0.3 is 10.2 Å². The van der Waals surface area contributed by atoms with Crippen LogP contribution in [-0.2, 0) is 5.41 Å². The first kappa shape index (κ1) is 33.6. The SMILES string of the molecule is O=c1n(-c2ccc(Cl)cc2)cc(O)n1-c1ccc(C(c2ccc(-n3c(O)cn(-c4ccc(Cl)cc4)c3=O)cc2)(C(F)(F)F)C(F)(F)F)cc1. The highest BCUT2D eigenvalue weighted by Crippen LogP contribution is 2.56. The molecule has 6 aromatic rings. The summed E-state index contributed by atoms with van der Waals surface area (Å²) in [5.74, 6) is -1.27.